The van der Waals surface area contributed by atoms with Crippen LogP contribution in [0.3, 0.4) is 0 Å². The minimum absolute atomic E-state index is 0.345. The van der Waals surface area contributed by atoms with Crippen molar-refractivity contribution in [2.24, 2.45) is 12.8 Å². The third-order valence-electron chi connectivity index (χ3n) is 4.44. The number of hydrogen-bond donors (Lipinski definition) is 2. The van der Waals surface area contributed by atoms with E-state index in [0.717, 1.165) is 11.3 Å². The van der Waals surface area contributed by atoms with E-state index in [1.54, 1.807) is 41.2 Å². The second-order valence-electron chi connectivity index (χ2n) is 6.47. The zero-order valence-corrected chi connectivity index (χ0v) is 18.1. The van der Waals surface area contributed by atoms with E-state index in [2.05, 4.69) is 10.4 Å². The van der Waals surface area contributed by atoms with Gasteiger partial charge < -0.3 is 20.5 Å². The highest BCUT2D eigenvalue weighted by Gasteiger charge is 2.22. The fourth-order valence-electron chi connectivity index (χ4n) is 3.02. The fraction of sp³-hybridized carbons (Fsp3) is 0.238. The molecule has 0 saturated carbocycles. The molecule has 0 spiro atoms. The Morgan fingerprint density at radius 2 is 2.00 bits per heavy atom. The van der Waals surface area contributed by atoms with Gasteiger partial charge in [0.15, 0.2) is 6.10 Å². The van der Waals surface area contributed by atoms with Gasteiger partial charge in [0.05, 0.1) is 15.7 Å². The number of aromatic nitrogens is 2. The molecule has 1 unspecified atom stereocenters. The molecule has 1 aromatic heterocycles. The number of carbonyl (C=O) groups is 1. The van der Waals surface area contributed by atoms with Crippen LogP contribution in [0.5, 0.6) is 5.75 Å². The van der Waals surface area contributed by atoms with Gasteiger partial charge in [-0.2, -0.15) is 5.10 Å². The number of nitrogens with zero attached hydrogens (tertiary/aromatic N) is 2. The first-order valence-corrected chi connectivity index (χ1v) is 9.94. The summed E-state index contributed by atoms with van der Waals surface area (Å²) in [5.41, 5.74) is 8.36. The number of carbonyl (C=O) groups excluding carboxylic acids is 1. The number of halogens is 2. The Labute approximate surface area is 184 Å². The van der Waals surface area contributed by atoms with Crippen molar-refractivity contribution >= 4 is 34.8 Å². The average Bonchev–Trinajstić information content (AvgIpc) is 3.16. The Morgan fingerprint density at radius 1 is 1.20 bits per heavy atom. The molecule has 3 aromatic rings. The SMILES string of the molecule is COC(C(=O)Nc1ccc(OCCN)c(-c2ccnn2C)c1)c1ccc(Cl)c(Cl)c1. The maximum Gasteiger partial charge on any atom is 0.258 e. The van der Waals surface area contributed by atoms with Crippen LogP contribution < -0.4 is 15.8 Å². The molecule has 0 bridgehead atoms. The highest BCUT2D eigenvalue weighted by atomic mass is 35.5. The van der Waals surface area contributed by atoms with E-state index in [-0.39, 0.29) is 5.91 Å². The minimum atomic E-state index is -0.854. The normalized spacial score (nSPS) is 11.9. The van der Waals surface area contributed by atoms with Gasteiger partial charge in [-0.25, -0.2) is 0 Å². The van der Waals surface area contributed by atoms with Crippen LogP contribution in [-0.4, -0.2) is 35.9 Å². The van der Waals surface area contributed by atoms with Gasteiger partial charge in [-0.15, -0.1) is 0 Å². The van der Waals surface area contributed by atoms with Crippen LogP contribution in [-0.2, 0) is 16.6 Å². The van der Waals surface area contributed by atoms with Crippen molar-refractivity contribution in [2.75, 3.05) is 25.6 Å². The number of aryl methyl sites for hydroxylation is 1. The highest BCUT2D eigenvalue weighted by Crippen LogP contribution is 2.33. The molecular formula is C21H22Cl2N4O3. The second kappa shape index (κ2) is 9.95. The summed E-state index contributed by atoms with van der Waals surface area (Å²) in [7, 11) is 3.29. The number of anilines is 1. The van der Waals surface area contributed by atoms with Crippen molar-refractivity contribution in [3.8, 4) is 17.0 Å². The first-order chi connectivity index (χ1) is 14.4. The lowest BCUT2D eigenvalue weighted by atomic mass is 10.1. The van der Waals surface area contributed by atoms with Gasteiger partial charge in [0.1, 0.15) is 12.4 Å². The van der Waals surface area contributed by atoms with Gasteiger partial charge in [-0.1, -0.05) is 29.3 Å². The van der Waals surface area contributed by atoms with E-state index in [0.29, 0.717) is 40.2 Å². The van der Waals surface area contributed by atoms with Gasteiger partial charge in [0, 0.05) is 38.1 Å². The number of nitrogens with one attached hydrogen (secondary N) is 1. The monoisotopic (exact) mass is 448 g/mol. The van der Waals surface area contributed by atoms with Crippen LogP contribution in [0.15, 0.2) is 48.7 Å². The quantitative estimate of drug-likeness (QED) is 0.541. The van der Waals surface area contributed by atoms with E-state index in [4.69, 9.17) is 38.4 Å². The van der Waals surface area contributed by atoms with E-state index in [1.807, 2.05) is 19.2 Å². The van der Waals surface area contributed by atoms with Gasteiger partial charge in [0.2, 0.25) is 0 Å². The molecule has 0 aliphatic heterocycles. The molecule has 1 amide bonds. The van der Waals surface area contributed by atoms with E-state index < -0.39 is 6.10 Å². The standard InChI is InChI=1S/C21H22Cl2N4O3/c1-27-18(7-9-25-27)15-12-14(4-6-19(15)30-10-8-24)26-21(28)20(29-2)13-3-5-16(22)17(23)11-13/h3-7,9,11-12,20H,8,10,24H2,1-2H3,(H,26,28). The molecule has 0 aliphatic carbocycles. The molecule has 9 heteroatoms. The molecule has 1 heterocycles. The minimum Gasteiger partial charge on any atom is -0.492 e. The molecule has 3 rings (SSSR count). The topological polar surface area (TPSA) is 91.4 Å². The Balaban J connectivity index is 1.88. The van der Waals surface area contributed by atoms with Crippen molar-refractivity contribution in [2.45, 2.75) is 6.10 Å². The first kappa shape index (κ1) is 22.1. The van der Waals surface area contributed by atoms with Crippen molar-refractivity contribution in [1.29, 1.82) is 0 Å². The van der Waals surface area contributed by atoms with Gasteiger partial charge in [-0.05, 0) is 42.0 Å². The van der Waals surface area contributed by atoms with Gasteiger partial charge in [-0.3, -0.25) is 9.48 Å². The van der Waals surface area contributed by atoms with Crippen molar-refractivity contribution in [3.05, 3.63) is 64.3 Å². The molecule has 158 valence electrons. The van der Waals surface area contributed by atoms with E-state index in [9.17, 15) is 4.79 Å². The van der Waals surface area contributed by atoms with Gasteiger partial charge >= 0.3 is 0 Å². The van der Waals surface area contributed by atoms with Gasteiger partial charge in [0.25, 0.3) is 5.91 Å². The summed E-state index contributed by atoms with van der Waals surface area (Å²) in [4.78, 5) is 12.9. The van der Waals surface area contributed by atoms with Crippen LogP contribution in [0.2, 0.25) is 10.0 Å². The summed E-state index contributed by atoms with van der Waals surface area (Å²) >= 11 is 12.0. The molecule has 0 aliphatic rings. The summed E-state index contributed by atoms with van der Waals surface area (Å²) in [5.74, 6) is 0.303. The number of amides is 1. The lowest BCUT2D eigenvalue weighted by Crippen LogP contribution is -2.22. The number of methoxy groups -OCH3 is 1. The zero-order valence-electron chi connectivity index (χ0n) is 16.6. The first-order valence-electron chi connectivity index (χ1n) is 9.18. The Hall–Kier alpha value is -2.58. The van der Waals surface area contributed by atoms with Crippen molar-refractivity contribution in [1.82, 2.24) is 9.78 Å². The predicted molar refractivity (Wildman–Crippen MR) is 118 cm³/mol. The molecule has 7 nitrogen and oxygen atoms in total. The van der Waals surface area contributed by atoms with E-state index in [1.165, 1.54) is 7.11 Å². The Kier molecular flexibility index (Phi) is 7.33. The largest absolute Gasteiger partial charge is 0.492 e. The smallest absolute Gasteiger partial charge is 0.258 e. The molecule has 0 fully saturated rings. The summed E-state index contributed by atoms with van der Waals surface area (Å²) in [6.45, 7) is 0.766. The number of rotatable bonds is 8. The number of benzene rings is 2. The maximum absolute atomic E-state index is 12.9. The third kappa shape index (κ3) is 4.94. The summed E-state index contributed by atoms with van der Waals surface area (Å²) in [6.07, 6.45) is 0.839. The second-order valence-corrected chi connectivity index (χ2v) is 7.28. The van der Waals surface area contributed by atoms with Crippen LogP contribution in [0, 0.1) is 0 Å². The average molecular weight is 449 g/mol. The molecule has 1 atom stereocenters. The number of nitrogens with two attached hydrogens (primary N) is 1. The summed E-state index contributed by atoms with van der Waals surface area (Å²) in [6, 6.07) is 12.2. The zero-order chi connectivity index (χ0) is 21.7. The summed E-state index contributed by atoms with van der Waals surface area (Å²) in [5, 5.41) is 7.85. The maximum atomic E-state index is 12.9. The fourth-order valence-corrected chi connectivity index (χ4v) is 3.33. The third-order valence-corrected chi connectivity index (χ3v) is 5.18. The molecule has 30 heavy (non-hydrogen) atoms. The predicted octanol–water partition coefficient (Wildman–Crippen LogP) is 4.06. The summed E-state index contributed by atoms with van der Waals surface area (Å²) < 4.78 is 12.9. The molecule has 3 N–H and O–H groups in total. The highest BCUT2D eigenvalue weighted by molar-refractivity contribution is 6.42. The van der Waals surface area contributed by atoms with Crippen LogP contribution in [0.1, 0.15) is 11.7 Å². The van der Waals surface area contributed by atoms with Crippen LogP contribution in [0.4, 0.5) is 5.69 Å². The van der Waals surface area contributed by atoms with Crippen molar-refractivity contribution < 1.29 is 14.3 Å². The number of ether oxygens (including phenoxy) is 2. The number of hydrogen-bond acceptors (Lipinski definition) is 5. The Bertz CT molecular complexity index is 1040. The van der Waals surface area contributed by atoms with Crippen LogP contribution in [0.25, 0.3) is 11.3 Å². The molecule has 0 radical (unpaired) electrons. The lowest BCUT2D eigenvalue weighted by molar-refractivity contribution is -0.126. The molecule has 0 saturated heterocycles. The van der Waals surface area contributed by atoms with Crippen LogP contribution >= 0.6 is 23.2 Å². The van der Waals surface area contributed by atoms with E-state index >= 15 is 0 Å². The Morgan fingerprint density at radius 3 is 2.63 bits per heavy atom. The lowest BCUT2D eigenvalue weighted by Gasteiger charge is -2.18. The molecule has 2 aromatic carbocycles. The van der Waals surface area contributed by atoms with Crippen molar-refractivity contribution in [3.63, 3.8) is 0 Å². The molecular weight excluding hydrogens is 427 g/mol.